The van der Waals surface area contributed by atoms with Crippen molar-refractivity contribution in [1.29, 1.82) is 0 Å². The summed E-state index contributed by atoms with van der Waals surface area (Å²) in [5, 5.41) is 9.61. The molecule has 1 amide bonds. The van der Waals surface area contributed by atoms with Crippen molar-refractivity contribution in [1.82, 2.24) is 30.5 Å². The fourth-order valence-electron chi connectivity index (χ4n) is 2.31. The van der Waals surface area contributed by atoms with Gasteiger partial charge in [-0.2, -0.15) is 18.3 Å². The van der Waals surface area contributed by atoms with Crippen LogP contribution in [-0.2, 0) is 10.3 Å². The molecule has 3 aromatic heterocycles. The highest BCUT2D eigenvalue weighted by atomic mass is 19.4. The van der Waals surface area contributed by atoms with Gasteiger partial charge < -0.3 is 16.0 Å². The summed E-state index contributed by atoms with van der Waals surface area (Å²) in [6.07, 6.45) is -1.01. The number of nitrogens with two attached hydrogens (primary N) is 1. The van der Waals surface area contributed by atoms with Crippen LogP contribution in [0.4, 0.5) is 17.6 Å². The smallest absolute Gasteiger partial charge is 0.345 e. The second-order valence-corrected chi connectivity index (χ2v) is 5.92. The number of alkyl halides is 3. The van der Waals surface area contributed by atoms with Crippen molar-refractivity contribution in [2.75, 3.05) is 6.54 Å². The van der Waals surface area contributed by atoms with Crippen molar-refractivity contribution in [2.24, 2.45) is 5.73 Å². The van der Waals surface area contributed by atoms with E-state index in [-0.39, 0.29) is 11.5 Å². The van der Waals surface area contributed by atoms with Crippen LogP contribution < -0.4 is 11.1 Å². The van der Waals surface area contributed by atoms with E-state index in [1.54, 1.807) is 5.32 Å². The Balaban J connectivity index is 1.95. The summed E-state index contributed by atoms with van der Waals surface area (Å²) in [7, 11) is 0. The number of amides is 1. The van der Waals surface area contributed by atoms with Gasteiger partial charge >= 0.3 is 6.18 Å². The SMILES string of the molecule is C[C@@](N)(C(=O)NCC(F)(F)F)c1cnnc(-c2c[nH]c3ncc(F)cc23)n1. The topological polar surface area (TPSA) is 122 Å². The summed E-state index contributed by atoms with van der Waals surface area (Å²) in [4.78, 5) is 22.9. The number of carbonyl (C=O) groups excluding carboxylic acids is 1. The van der Waals surface area contributed by atoms with E-state index in [0.29, 0.717) is 16.6 Å². The number of hydrogen-bond donors (Lipinski definition) is 3. The minimum atomic E-state index is -4.58. The lowest BCUT2D eigenvalue weighted by Crippen LogP contribution is -2.51. The van der Waals surface area contributed by atoms with E-state index in [2.05, 4.69) is 25.1 Å². The van der Waals surface area contributed by atoms with Crippen LogP contribution in [0.3, 0.4) is 0 Å². The van der Waals surface area contributed by atoms with Crippen LogP contribution in [0, 0.1) is 5.82 Å². The number of hydrogen-bond acceptors (Lipinski definition) is 6. The van der Waals surface area contributed by atoms with E-state index in [4.69, 9.17) is 5.73 Å². The number of rotatable bonds is 4. The van der Waals surface area contributed by atoms with Crippen LogP contribution in [0.5, 0.6) is 0 Å². The number of aromatic amines is 1. The molecule has 142 valence electrons. The first-order chi connectivity index (χ1) is 12.6. The van der Waals surface area contributed by atoms with Gasteiger partial charge in [-0.05, 0) is 13.0 Å². The maximum absolute atomic E-state index is 13.5. The predicted octanol–water partition coefficient (Wildman–Crippen LogP) is 1.41. The van der Waals surface area contributed by atoms with E-state index in [1.807, 2.05) is 0 Å². The quantitative estimate of drug-likeness (QED) is 0.586. The van der Waals surface area contributed by atoms with E-state index >= 15 is 0 Å². The van der Waals surface area contributed by atoms with Gasteiger partial charge in [-0.1, -0.05) is 0 Å². The Bertz CT molecular complexity index is 999. The predicted molar refractivity (Wildman–Crippen MR) is 85.5 cm³/mol. The van der Waals surface area contributed by atoms with Gasteiger partial charge in [0.1, 0.15) is 23.5 Å². The standard InChI is InChI=1S/C15H13F4N7O/c1-14(20,13(27)23-6-15(17,18)19)10-5-24-26-12(25-10)9-4-22-11-8(9)2-7(16)3-21-11/h2-5H,6,20H2,1H3,(H,21,22)(H,23,27)/t14-/m0/s1. The zero-order chi connectivity index (χ0) is 19.8. The van der Waals surface area contributed by atoms with E-state index < -0.39 is 30.0 Å². The lowest BCUT2D eigenvalue weighted by atomic mass is 9.98. The van der Waals surface area contributed by atoms with Crippen molar-refractivity contribution in [3.63, 3.8) is 0 Å². The van der Waals surface area contributed by atoms with Gasteiger partial charge in [0.2, 0.25) is 5.91 Å². The molecule has 0 aliphatic carbocycles. The molecular weight excluding hydrogens is 370 g/mol. The van der Waals surface area contributed by atoms with Crippen LogP contribution in [0.1, 0.15) is 12.6 Å². The number of carbonyl (C=O) groups is 1. The second kappa shape index (κ2) is 6.54. The molecule has 0 bridgehead atoms. The molecule has 4 N–H and O–H groups in total. The largest absolute Gasteiger partial charge is 0.405 e. The summed E-state index contributed by atoms with van der Waals surface area (Å²) in [5.74, 6) is -1.66. The Labute approximate surface area is 149 Å². The number of pyridine rings is 1. The Hall–Kier alpha value is -3.15. The van der Waals surface area contributed by atoms with Crippen LogP contribution in [-0.4, -0.2) is 43.8 Å². The molecule has 0 fully saturated rings. The fourth-order valence-corrected chi connectivity index (χ4v) is 2.31. The summed E-state index contributed by atoms with van der Waals surface area (Å²) < 4.78 is 50.4. The average molecular weight is 383 g/mol. The van der Waals surface area contributed by atoms with Gasteiger partial charge in [0.05, 0.1) is 18.1 Å². The van der Waals surface area contributed by atoms with Gasteiger partial charge in [-0.25, -0.2) is 14.4 Å². The monoisotopic (exact) mass is 383 g/mol. The highest BCUT2D eigenvalue weighted by molar-refractivity contribution is 5.91. The molecule has 0 radical (unpaired) electrons. The molecule has 27 heavy (non-hydrogen) atoms. The maximum Gasteiger partial charge on any atom is 0.405 e. The number of halogens is 4. The first kappa shape index (κ1) is 18.6. The highest BCUT2D eigenvalue weighted by Crippen LogP contribution is 2.26. The van der Waals surface area contributed by atoms with Crippen molar-refractivity contribution < 1.29 is 22.4 Å². The van der Waals surface area contributed by atoms with Crippen molar-refractivity contribution in [2.45, 2.75) is 18.6 Å². The van der Waals surface area contributed by atoms with Crippen LogP contribution in [0.15, 0.2) is 24.7 Å². The van der Waals surface area contributed by atoms with Crippen LogP contribution in [0.2, 0.25) is 0 Å². The minimum Gasteiger partial charge on any atom is -0.345 e. The molecule has 1 atom stereocenters. The molecule has 3 heterocycles. The van der Waals surface area contributed by atoms with Gasteiger partial charge in [-0.3, -0.25) is 4.79 Å². The Morgan fingerprint density at radius 1 is 1.33 bits per heavy atom. The number of fused-ring (bicyclic) bond motifs is 1. The molecule has 0 unspecified atom stereocenters. The molecule has 3 aromatic rings. The number of H-pyrrole nitrogens is 1. The number of aromatic nitrogens is 5. The Morgan fingerprint density at radius 2 is 2.07 bits per heavy atom. The summed E-state index contributed by atoms with van der Waals surface area (Å²) in [6, 6.07) is 1.21. The van der Waals surface area contributed by atoms with Crippen LogP contribution in [0.25, 0.3) is 22.4 Å². The lowest BCUT2D eigenvalue weighted by Gasteiger charge is -2.23. The molecule has 0 aromatic carbocycles. The Morgan fingerprint density at radius 3 is 2.78 bits per heavy atom. The second-order valence-electron chi connectivity index (χ2n) is 5.92. The highest BCUT2D eigenvalue weighted by Gasteiger charge is 2.36. The maximum atomic E-state index is 13.5. The third-order valence-electron chi connectivity index (χ3n) is 3.75. The third kappa shape index (κ3) is 3.84. The Kier molecular flexibility index (Phi) is 4.51. The number of nitrogens with zero attached hydrogens (tertiary/aromatic N) is 4. The molecule has 8 nitrogen and oxygen atoms in total. The van der Waals surface area contributed by atoms with Crippen molar-refractivity contribution in [3.8, 4) is 11.4 Å². The first-order valence-corrected chi connectivity index (χ1v) is 7.55. The van der Waals surface area contributed by atoms with Crippen molar-refractivity contribution in [3.05, 3.63) is 36.2 Å². The summed E-state index contributed by atoms with van der Waals surface area (Å²) in [6.45, 7) is -0.333. The fraction of sp³-hybridized carbons (Fsp3) is 0.267. The molecule has 0 saturated carbocycles. The zero-order valence-corrected chi connectivity index (χ0v) is 13.8. The number of nitrogens with one attached hydrogen (secondary N) is 2. The molecular formula is C15H13F4N7O. The average Bonchev–Trinajstić information content (AvgIpc) is 3.02. The molecule has 0 aliphatic rings. The van der Waals surface area contributed by atoms with Gasteiger partial charge in [0, 0.05) is 17.1 Å². The summed E-state index contributed by atoms with van der Waals surface area (Å²) >= 11 is 0. The zero-order valence-electron chi connectivity index (χ0n) is 13.8. The molecule has 0 spiro atoms. The van der Waals surface area contributed by atoms with Crippen molar-refractivity contribution >= 4 is 16.9 Å². The van der Waals surface area contributed by atoms with Crippen LogP contribution >= 0.6 is 0 Å². The molecule has 0 saturated heterocycles. The van der Waals surface area contributed by atoms with E-state index in [9.17, 15) is 22.4 Å². The summed E-state index contributed by atoms with van der Waals surface area (Å²) in [5.41, 5.74) is 4.60. The van der Waals surface area contributed by atoms with Gasteiger partial charge in [0.15, 0.2) is 5.82 Å². The van der Waals surface area contributed by atoms with Gasteiger partial charge in [-0.15, -0.1) is 5.10 Å². The molecule has 3 rings (SSSR count). The van der Waals surface area contributed by atoms with E-state index in [1.165, 1.54) is 19.2 Å². The molecule has 12 heteroatoms. The van der Waals surface area contributed by atoms with Gasteiger partial charge in [0.25, 0.3) is 0 Å². The third-order valence-corrected chi connectivity index (χ3v) is 3.75. The lowest BCUT2D eigenvalue weighted by molar-refractivity contribution is -0.141. The normalized spacial score (nSPS) is 14.1. The van der Waals surface area contributed by atoms with E-state index in [0.717, 1.165) is 12.4 Å². The molecule has 0 aliphatic heterocycles. The minimum absolute atomic E-state index is 0.00597. The first-order valence-electron chi connectivity index (χ1n) is 7.55.